The van der Waals surface area contributed by atoms with Gasteiger partial charge in [-0.2, -0.15) is 0 Å². The van der Waals surface area contributed by atoms with Gasteiger partial charge in [-0.25, -0.2) is 0 Å². The molecule has 0 aliphatic heterocycles. The normalized spacial score (nSPS) is 12.4. The molecule has 1 aromatic carbocycles. The molecule has 2 heteroatoms. The molecule has 1 unspecified atom stereocenters. The molecular weight excluding hydrogens is 224 g/mol. The van der Waals surface area contributed by atoms with Crippen molar-refractivity contribution in [2.24, 2.45) is 5.92 Å². The minimum absolute atomic E-state index is 0.248. The molecule has 18 heavy (non-hydrogen) atoms. The van der Waals surface area contributed by atoms with E-state index in [1.165, 1.54) is 16.7 Å². The number of hydrogen-bond donors (Lipinski definition) is 1. The highest BCUT2D eigenvalue weighted by Crippen LogP contribution is 2.19. The van der Waals surface area contributed by atoms with Gasteiger partial charge in [0.05, 0.1) is 0 Å². The van der Waals surface area contributed by atoms with Crippen molar-refractivity contribution in [3.63, 3.8) is 0 Å². The molecule has 100 valence electrons. The molecule has 0 aliphatic carbocycles. The van der Waals surface area contributed by atoms with Gasteiger partial charge in [-0.3, -0.25) is 4.79 Å². The van der Waals surface area contributed by atoms with Crippen LogP contribution in [0.15, 0.2) is 18.2 Å². The summed E-state index contributed by atoms with van der Waals surface area (Å²) >= 11 is 0. The van der Waals surface area contributed by atoms with Gasteiger partial charge < -0.3 is 5.11 Å². The van der Waals surface area contributed by atoms with E-state index in [0.29, 0.717) is 0 Å². The molecular formula is C16H24O2. The molecule has 0 fully saturated rings. The monoisotopic (exact) mass is 248 g/mol. The predicted molar refractivity (Wildman–Crippen MR) is 74.9 cm³/mol. The number of carboxylic acid groups (broad SMARTS) is 1. The number of hydrogen-bond acceptors (Lipinski definition) is 1. The van der Waals surface area contributed by atoms with Crippen LogP contribution in [0.3, 0.4) is 0 Å². The molecule has 1 rings (SSSR count). The average Bonchev–Trinajstić information content (AvgIpc) is 2.35. The summed E-state index contributed by atoms with van der Waals surface area (Å²) in [5, 5.41) is 8.76. The molecule has 0 bridgehead atoms. The minimum Gasteiger partial charge on any atom is -0.481 e. The zero-order valence-electron chi connectivity index (χ0n) is 11.7. The van der Waals surface area contributed by atoms with E-state index in [2.05, 4.69) is 32.0 Å². The highest BCUT2D eigenvalue weighted by atomic mass is 16.4. The molecule has 1 atom stereocenters. The Morgan fingerprint density at radius 1 is 1.22 bits per heavy atom. The second-order valence-corrected chi connectivity index (χ2v) is 5.05. The topological polar surface area (TPSA) is 37.3 Å². The highest BCUT2D eigenvalue weighted by Gasteiger charge is 2.09. The van der Waals surface area contributed by atoms with Gasteiger partial charge >= 0.3 is 5.97 Å². The van der Waals surface area contributed by atoms with Crippen LogP contribution in [-0.4, -0.2) is 11.1 Å². The fraction of sp³-hybridized carbons (Fsp3) is 0.562. The van der Waals surface area contributed by atoms with E-state index in [0.717, 1.165) is 25.7 Å². The number of aryl methyl sites for hydroxylation is 3. The molecule has 0 spiro atoms. The Labute approximate surface area is 110 Å². The fourth-order valence-corrected chi connectivity index (χ4v) is 2.28. The molecule has 0 saturated carbocycles. The van der Waals surface area contributed by atoms with E-state index in [4.69, 9.17) is 5.11 Å². The number of carbonyl (C=O) groups is 1. The third kappa shape index (κ3) is 4.52. The Morgan fingerprint density at radius 3 is 2.50 bits per heavy atom. The number of carboxylic acids is 1. The second kappa shape index (κ2) is 7.20. The van der Waals surface area contributed by atoms with Crippen LogP contribution in [0.4, 0.5) is 0 Å². The quantitative estimate of drug-likeness (QED) is 0.795. The lowest BCUT2D eigenvalue weighted by Crippen LogP contribution is -2.06. The van der Waals surface area contributed by atoms with Crippen molar-refractivity contribution in [3.05, 3.63) is 34.9 Å². The summed E-state index contributed by atoms with van der Waals surface area (Å²) in [6.45, 7) is 6.35. The van der Waals surface area contributed by atoms with Gasteiger partial charge in [0.1, 0.15) is 0 Å². The molecule has 0 saturated heterocycles. The molecule has 0 aromatic heterocycles. The van der Waals surface area contributed by atoms with Crippen LogP contribution in [-0.2, 0) is 24.1 Å². The van der Waals surface area contributed by atoms with Gasteiger partial charge in [-0.15, -0.1) is 0 Å². The first-order valence-corrected chi connectivity index (χ1v) is 6.89. The van der Waals surface area contributed by atoms with Gasteiger partial charge in [0, 0.05) is 6.42 Å². The summed E-state index contributed by atoms with van der Waals surface area (Å²) in [4.78, 5) is 10.6. The molecule has 2 nitrogen and oxygen atoms in total. The SMILES string of the molecule is CCc1ccc(CC)c(CCC(C)CC(=O)O)c1. The summed E-state index contributed by atoms with van der Waals surface area (Å²) < 4.78 is 0. The van der Waals surface area contributed by atoms with Crippen LogP contribution in [0.1, 0.15) is 50.3 Å². The Hall–Kier alpha value is -1.31. The van der Waals surface area contributed by atoms with E-state index in [1.54, 1.807) is 0 Å². The number of aliphatic carboxylic acids is 1. The van der Waals surface area contributed by atoms with Crippen LogP contribution in [0, 0.1) is 5.92 Å². The molecule has 0 aliphatic rings. The maximum absolute atomic E-state index is 10.6. The summed E-state index contributed by atoms with van der Waals surface area (Å²) in [7, 11) is 0. The van der Waals surface area contributed by atoms with Gasteiger partial charge in [-0.05, 0) is 48.3 Å². The predicted octanol–water partition coefficient (Wildman–Crippen LogP) is 3.85. The van der Waals surface area contributed by atoms with Gasteiger partial charge in [0.25, 0.3) is 0 Å². The number of rotatable bonds is 7. The average molecular weight is 248 g/mol. The third-order valence-corrected chi connectivity index (χ3v) is 3.49. The largest absolute Gasteiger partial charge is 0.481 e. The zero-order valence-corrected chi connectivity index (χ0v) is 11.7. The van der Waals surface area contributed by atoms with Gasteiger partial charge in [0.2, 0.25) is 0 Å². The van der Waals surface area contributed by atoms with E-state index < -0.39 is 5.97 Å². The van der Waals surface area contributed by atoms with Gasteiger partial charge in [0.15, 0.2) is 0 Å². The summed E-state index contributed by atoms with van der Waals surface area (Å²) in [5.41, 5.74) is 4.16. The Morgan fingerprint density at radius 2 is 1.94 bits per heavy atom. The molecule has 1 N–H and O–H groups in total. The van der Waals surface area contributed by atoms with Crippen LogP contribution in [0.2, 0.25) is 0 Å². The lowest BCUT2D eigenvalue weighted by Gasteiger charge is -2.13. The highest BCUT2D eigenvalue weighted by molar-refractivity contribution is 5.66. The van der Waals surface area contributed by atoms with E-state index in [9.17, 15) is 4.79 Å². The maximum Gasteiger partial charge on any atom is 0.303 e. The minimum atomic E-state index is -0.694. The maximum atomic E-state index is 10.6. The summed E-state index contributed by atoms with van der Waals surface area (Å²) in [6, 6.07) is 6.70. The van der Waals surface area contributed by atoms with E-state index in [-0.39, 0.29) is 12.3 Å². The molecule has 0 heterocycles. The van der Waals surface area contributed by atoms with Crippen molar-refractivity contribution in [3.8, 4) is 0 Å². The first kappa shape index (κ1) is 14.7. The Balaban J connectivity index is 2.67. The summed E-state index contributed by atoms with van der Waals surface area (Å²) in [6.07, 6.45) is 4.32. The van der Waals surface area contributed by atoms with E-state index >= 15 is 0 Å². The summed E-state index contributed by atoms with van der Waals surface area (Å²) in [5.74, 6) is -0.446. The standard InChI is InChI=1S/C16H24O2/c1-4-13-7-9-14(5-2)15(11-13)8-6-12(3)10-16(17)18/h7,9,11-12H,4-6,8,10H2,1-3H3,(H,17,18). The van der Waals surface area contributed by atoms with Crippen LogP contribution in [0.5, 0.6) is 0 Å². The zero-order chi connectivity index (χ0) is 13.5. The van der Waals surface area contributed by atoms with Crippen molar-refractivity contribution in [1.82, 2.24) is 0 Å². The van der Waals surface area contributed by atoms with Gasteiger partial charge in [-0.1, -0.05) is 39.0 Å². The first-order valence-electron chi connectivity index (χ1n) is 6.89. The Kier molecular flexibility index (Phi) is 5.90. The van der Waals surface area contributed by atoms with Crippen molar-refractivity contribution >= 4 is 5.97 Å². The molecule has 0 amide bonds. The van der Waals surface area contributed by atoms with E-state index in [1.807, 2.05) is 6.92 Å². The van der Waals surface area contributed by atoms with Crippen LogP contribution >= 0.6 is 0 Å². The Bertz CT molecular complexity index is 396. The van der Waals surface area contributed by atoms with Crippen molar-refractivity contribution < 1.29 is 9.90 Å². The first-order chi connectivity index (χ1) is 8.56. The second-order valence-electron chi connectivity index (χ2n) is 5.05. The van der Waals surface area contributed by atoms with Crippen molar-refractivity contribution in [1.29, 1.82) is 0 Å². The molecule has 1 aromatic rings. The van der Waals surface area contributed by atoms with Crippen molar-refractivity contribution in [2.45, 2.75) is 52.9 Å². The lowest BCUT2D eigenvalue weighted by atomic mass is 9.93. The fourth-order valence-electron chi connectivity index (χ4n) is 2.28. The third-order valence-electron chi connectivity index (χ3n) is 3.49. The molecule has 0 radical (unpaired) electrons. The van der Waals surface area contributed by atoms with Crippen molar-refractivity contribution in [2.75, 3.05) is 0 Å². The van der Waals surface area contributed by atoms with Crippen LogP contribution in [0.25, 0.3) is 0 Å². The van der Waals surface area contributed by atoms with Crippen LogP contribution < -0.4 is 0 Å². The lowest BCUT2D eigenvalue weighted by molar-refractivity contribution is -0.138. The smallest absolute Gasteiger partial charge is 0.303 e. The number of benzene rings is 1.